The van der Waals surface area contributed by atoms with Crippen LogP contribution in [0, 0.1) is 0 Å². The van der Waals surface area contributed by atoms with E-state index in [0.717, 1.165) is 5.82 Å². The van der Waals surface area contributed by atoms with Crippen molar-refractivity contribution in [2.75, 3.05) is 17.2 Å². The fraction of sp³-hybridized carbons (Fsp3) is 0.412. The van der Waals surface area contributed by atoms with Crippen molar-refractivity contribution in [1.29, 1.82) is 0 Å². The topological polar surface area (TPSA) is 132 Å². The molecule has 8 nitrogen and oxygen atoms in total. The summed E-state index contributed by atoms with van der Waals surface area (Å²) in [5.74, 6) is 1.09. The molecule has 0 bridgehead atoms. The molecular weight excluding hydrogens is 318 g/mol. The van der Waals surface area contributed by atoms with Crippen molar-refractivity contribution >= 4 is 17.7 Å². The number of nitrogens with one attached hydrogen (secondary N) is 2. The molecule has 0 aliphatic heterocycles. The Morgan fingerprint density at radius 1 is 1.36 bits per heavy atom. The molecular formula is C17H25N7O. The van der Waals surface area contributed by atoms with Crippen molar-refractivity contribution < 1.29 is 4.79 Å². The van der Waals surface area contributed by atoms with Gasteiger partial charge in [-0.2, -0.15) is 4.98 Å². The molecule has 3 rings (SSSR count). The number of anilines is 2. The Labute approximate surface area is 147 Å². The largest absolute Gasteiger partial charge is 0.367 e. The van der Waals surface area contributed by atoms with E-state index < -0.39 is 5.91 Å². The molecule has 0 saturated heterocycles. The highest BCUT2D eigenvalue weighted by atomic mass is 16.1. The lowest BCUT2D eigenvalue weighted by Crippen LogP contribution is -2.28. The van der Waals surface area contributed by atoms with E-state index in [-0.39, 0.29) is 6.04 Å². The van der Waals surface area contributed by atoms with Crippen molar-refractivity contribution in [2.45, 2.75) is 38.3 Å². The van der Waals surface area contributed by atoms with Crippen molar-refractivity contribution in [3.8, 4) is 0 Å². The molecule has 1 unspecified atom stereocenters. The van der Waals surface area contributed by atoms with Gasteiger partial charge in [0.25, 0.3) is 0 Å². The molecule has 1 atom stereocenters. The average Bonchev–Trinajstić information content (AvgIpc) is 2.58. The molecule has 1 saturated carbocycles. The Morgan fingerprint density at radius 3 is 2.68 bits per heavy atom. The molecule has 2 aromatic heterocycles. The van der Waals surface area contributed by atoms with E-state index in [1.807, 2.05) is 13.0 Å². The summed E-state index contributed by atoms with van der Waals surface area (Å²) >= 11 is 0. The molecule has 6 N–H and O–H groups in total. The van der Waals surface area contributed by atoms with Gasteiger partial charge in [-0.05, 0) is 44.4 Å². The number of nitrogens with zero attached hydrogens (tertiary/aromatic N) is 3. The maximum absolute atomic E-state index is 10.4. The minimum absolute atomic E-state index is 0.104. The summed E-state index contributed by atoms with van der Waals surface area (Å²) < 4.78 is 0. The van der Waals surface area contributed by atoms with Gasteiger partial charge in [0.1, 0.15) is 5.82 Å². The van der Waals surface area contributed by atoms with Gasteiger partial charge >= 0.3 is 0 Å². The minimum Gasteiger partial charge on any atom is -0.367 e. The van der Waals surface area contributed by atoms with E-state index in [2.05, 4.69) is 25.6 Å². The molecule has 1 aliphatic carbocycles. The third kappa shape index (κ3) is 6.72. The van der Waals surface area contributed by atoms with Crippen LogP contribution in [-0.2, 0) is 0 Å². The second-order valence-corrected chi connectivity index (χ2v) is 6.00. The second kappa shape index (κ2) is 9.53. The van der Waals surface area contributed by atoms with E-state index in [1.54, 1.807) is 24.5 Å². The number of hydrogen-bond acceptors (Lipinski definition) is 7. The molecule has 1 aliphatic rings. The van der Waals surface area contributed by atoms with Crippen LogP contribution in [0.1, 0.15) is 36.5 Å². The average molecular weight is 343 g/mol. The number of aromatic nitrogens is 3. The van der Waals surface area contributed by atoms with Crippen LogP contribution in [0.2, 0.25) is 0 Å². The van der Waals surface area contributed by atoms with Crippen molar-refractivity contribution in [3.63, 3.8) is 0 Å². The number of nitrogens with two attached hydrogens (primary N) is 2. The van der Waals surface area contributed by atoms with Gasteiger partial charge in [-0.3, -0.25) is 9.78 Å². The van der Waals surface area contributed by atoms with Crippen LogP contribution in [0.15, 0.2) is 36.8 Å². The lowest BCUT2D eigenvalue weighted by molar-refractivity contribution is 0.1000. The molecule has 8 heteroatoms. The molecule has 2 heterocycles. The molecule has 1 amide bonds. The molecule has 25 heavy (non-hydrogen) atoms. The Kier molecular flexibility index (Phi) is 7.09. The number of amides is 1. The first-order valence-corrected chi connectivity index (χ1v) is 8.33. The Hall–Kier alpha value is -2.74. The number of hydrogen-bond donors (Lipinski definition) is 4. The molecule has 2 aromatic rings. The summed E-state index contributed by atoms with van der Waals surface area (Å²) in [4.78, 5) is 22.6. The van der Waals surface area contributed by atoms with Crippen LogP contribution >= 0.6 is 0 Å². The van der Waals surface area contributed by atoms with Gasteiger partial charge in [-0.25, -0.2) is 4.98 Å². The second-order valence-electron chi connectivity index (χ2n) is 6.00. The van der Waals surface area contributed by atoms with Crippen molar-refractivity contribution in [1.82, 2.24) is 15.0 Å². The first kappa shape index (κ1) is 18.6. The van der Waals surface area contributed by atoms with Crippen LogP contribution in [0.4, 0.5) is 11.8 Å². The molecule has 1 fully saturated rings. The van der Waals surface area contributed by atoms with E-state index in [9.17, 15) is 4.79 Å². The van der Waals surface area contributed by atoms with Gasteiger partial charge in [0, 0.05) is 37.2 Å². The van der Waals surface area contributed by atoms with Gasteiger partial charge in [-0.1, -0.05) is 0 Å². The van der Waals surface area contributed by atoms with Crippen LogP contribution in [0.5, 0.6) is 0 Å². The molecule has 0 spiro atoms. The van der Waals surface area contributed by atoms with Gasteiger partial charge in [-0.15, -0.1) is 0 Å². The van der Waals surface area contributed by atoms with Crippen LogP contribution in [-0.4, -0.2) is 39.5 Å². The monoisotopic (exact) mass is 343 g/mol. The predicted molar refractivity (Wildman–Crippen MR) is 98.2 cm³/mol. The number of carbonyl (C=O) groups is 1. The maximum Gasteiger partial charge on any atom is 0.250 e. The predicted octanol–water partition coefficient (Wildman–Crippen LogP) is 1.38. The summed E-state index contributed by atoms with van der Waals surface area (Å²) in [6, 6.07) is 5.88. The summed E-state index contributed by atoms with van der Waals surface area (Å²) in [6.07, 6.45) is 8.59. The molecule has 0 radical (unpaired) electrons. The smallest absolute Gasteiger partial charge is 0.250 e. The quantitative estimate of drug-likeness (QED) is 0.623. The fourth-order valence-electron chi connectivity index (χ4n) is 2.05. The van der Waals surface area contributed by atoms with Crippen molar-refractivity contribution in [2.24, 2.45) is 11.5 Å². The first-order chi connectivity index (χ1) is 12.0. The summed E-state index contributed by atoms with van der Waals surface area (Å²) in [5.41, 5.74) is 11.0. The van der Waals surface area contributed by atoms with Crippen molar-refractivity contribution in [3.05, 3.63) is 42.4 Å². The van der Waals surface area contributed by atoms with Crippen LogP contribution in [0.3, 0.4) is 0 Å². The number of rotatable bonds is 6. The SMILES string of the molecule is CC(N)CNc1nccc(NC2CCC2)n1.NC(=O)c1cccnc1. The highest BCUT2D eigenvalue weighted by Crippen LogP contribution is 2.22. The van der Waals surface area contributed by atoms with Crippen LogP contribution < -0.4 is 22.1 Å². The Morgan fingerprint density at radius 2 is 2.16 bits per heavy atom. The third-order valence-corrected chi connectivity index (χ3v) is 3.64. The zero-order valence-corrected chi connectivity index (χ0v) is 14.4. The van der Waals surface area contributed by atoms with E-state index in [0.29, 0.717) is 24.1 Å². The maximum atomic E-state index is 10.4. The highest BCUT2D eigenvalue weighted by Gasteiger charge is 2.17. The third-order valence-electron chi connectivity index (χ3n) is 3.64. The Balaban J connectivity index is 0.000000212. The zero-order chi connectivity index (χ0) is 18.1. The first-order valence-electron chi connectivity index (χ1n) is 8.33. The minimum atomic E-state index is -0.442. The number of primary amides is 1. The van der Waals surface area contributed by atoms with E-state index in [4.69, 9.17) is 11.5 Å². The summed E-state index contributed by atoms with van der Waals surface area (Å²) in [6.45, 7) is 2.64. The number of pyridine rings is 1. The fourth-order valence-corrected chi connectivity index (χ4v) is 2.05. The van der Waals surface area contributed by atoms with E-state index >= 15 is 0 Å². The summed E-state index contributed by atoms with van der Waals surface area (Å²) in [7, 11) is 0. The number of carbonyl (C=O) groups excluding carboxylic acids is 1. The zero-order valence-electron chi connectivity index (χ0n) is 14.4. The highest BCUT2D eigenvalue weighted by molar-refractivity contribution is 5.92. The van der Waals surface area contributed by atoms with Gasteiger partial charge in [0.2, 0.25) is 11.9 Å². The molecule has 0 aromatic carbocycles. The van der Waals surface area contributed by atoms with Gasteiger partial charge in [0.15, 0.2) is 0 Å². The van der Waals surface area contributed by atoms with E-state index in [1.165, 1.54) is 25.5 Å². The lowest BCUT2D eigenvalue weighted by atomic mass is 9.93. The van der Waals surface area contributed by atoms with Gasteiger partial charge < -0.3 is 22.1 Å². The Bertz CT molecular complexity index is 659. The lowest BCUT2D eigenvalue weighted by Gasteiger charge is -2.26. The van der Waals surface area contributed by atoms with Crippen LogP contribution in [0.25, 0.3) is 0 Å². The summed E-state index contributed by atoms with van der Waals surface area (Å²) in [5, 5.41) is 6.49. The normalized spacial score (nSPS) is 14.5. The molecule has 134 valence electrons. The van der Waals surface area contributed by atoms with Gasteiger partial charge in [0.05, 0.1) is 5.56 Å². The standard InChI is InChI=1S/C11H19N5.C6H6N2O/c1-8(12)7-14-11-13-6-5-10(16-11)15-9-3-2-4-9;7-6(9)5-2-1-3-8-4-5/h5-6,8-9H,2-4,7,12H2,1H3,(H2,13,14,15,16);1-4H,(H2,7,9).